The Morgan fingerprint density at radius 1 is 1.15 bits per heavy atom. The van der Waals surface area contributed by atoms with Crippen LogP contribution in [0.1, 0.15) is 17.5 Å². The van der Waals surface area contributed by atoms with E-state index in [1.165, 1.54) is 18.2 Å². The summed E-state index contributed by atoms with van der Waals surface area (Å²) in [7, 11) is 0. The van der Waals surface area contributed by atoms with Gasteiger partial charge in [-0.15, -0.1) is 0 Å². The number of hydrogen-bond donors (Lipinski definition) is 2. The van der Waals surface area contributed by atoms with E-state index < -0.39 is 34.9 Å². The Morgan fingerprint density at radius 2 is 1.85 bits per heavy atom. The van der Waals surface area contributed by atoms with E-state index in [2.05, 4.69) is 10.6 Å². The van der Waals surface area contributed by atoms with Crippen molar-refractivity contribution >= 4 is 17.3 Å². The number of benzene rings is 2. The van der Waals surface area contributed by atoms with Crippen molar-refractivity contribution in [1.82, 2.24) is 5.32 Å². The van der Waals surface area contributed by atoms with Crippen molar-refractivity contribution < 1.29 is 27.3 Å². The Kier molecular flexibility index (Phi) is 6.32. The van der Waals surface area contributed by atoms with Crippen LogP contribution in [0.5, 0.6) is 0 Å². The normalized spacial score (nSPS) is 11.1. The van der Waals surface area contributed by atoms with Crippen molar-refractivity contribution in [2.24, 2.45) is 0 Å². The number of amides is 1. The number of nitrogens with zero attached hydrogens (tertiary/aromatic N) is 1. The number of hydrogen-bond acceptors (Lipinski definition) is 4. The zero-order chi connectivity index (χ0) is 20.0. The van der Waals surface area contributed by atoms with Crippen LogP contribution in [0.4, 0.5) is 28.9 Å². The molecule has 0 saturated carbocycles. The summed E-state index contributed by atoms with van der Waals surface area (Å²) in [6.45, 7) is -0.369. The van der Waals surface area contributed by atoms with E-state index in [4.69, 9.17) is 0 Å². The molecule has 0 saturated heterocycles. The maximum absolute atomic E-state index is 13.0. The van der Waals surface area contributed by atoms with Gasteiger partial charge in [-0.05, 0) is 23.8 Å². The lowest BCUT2D eigenvalue weighted by molar-refractivity contribution is -0.384. The van der Waals surface area contributed by atoms with Crippen molar-refractivity contribution in [3.63, 3.8) is 0 Å². The van der Waals surface area contributed by atoms with E-state index in [-0.39, 0.29) is 29.9 Å². The van der Waals surface area contributed by atoms with Crippen molar-refractivity contribution in [3.8, 4) is 0 Å². The Hall–Kier alpha value is -3.17. The fraction of sp³-hybridized carbons (Fsp3) is 0.235. The summed E-state index contributed by atoms with van der Waals surface area (Å²) in [4.78, 5) is 22.1. The molecule has 0 radical (unpaired) electrons. The van der Waals surface area contributed by atoms with Gasteiger partial charge in [-0.2, -0.15) is 13.2 Å². The Balaban J connectivity index is 1.90. The van der Waals surface area contributed by atoms with Gasteiger partial charge >= 0.3 is 6.18 Å². The number of carbonyl (C=O) groups is 1. The quantitative estimate of drug-likeness (QED) is 0.431. The molecule has 2 rings (SSSR count). The van der Waals surface area contributed by atoms with Gasteiger partial charge in [0.05, 0.1) is 10.5 Å². The monoisotopic (exact) mass is 385 g/mol. The van der Waals surface area contributed by atoms with Crippen LogP contribution >= 0.6 is 0 Å². The van der Waals surface area contributed by atoms with Gasteiger partial charge in [0.2, 0.25) is 5.91 Å². The standard InChI is InChI=1S/C17H15F4N3O3/c18-12-6-5-11(13(9-12)17(19,20)21)10-23-16(25)7-8-22-14-3-1-2-4-15(14)24(26)27/h1-6,9,22H,7-8,10H2,(H,23,25). The first-order chi connectivity index (χ1) is 12.7. The van der Waals surface area contributed by atoms with Crippen LogP contribution in [0.15, 0.2) is 42.5 Å². The molecule has 0 heterocycles. The molecule has 0 unspecified atom stereocenters. The third-order valence-corrected chi connectivity index (χ3v) is 3.62. The van der Waals surface area contributed by atoms with E-state index >= 15 is 0 Å². The van der Waals surface area contributed by atoms with Crippen molar-refractivity contribution in [2.75, 3.05) is 11.9 Å². The number of anilines is 1. The molecule has 27 heavy (non-hydrogen) atoms. The summed E-state index contributed by atoms with van der Waals surface area (Å²) in [5.41, 5.74) is -1.34. The van der Waals surface area contributed by atoms with Crippen molar-refractivity contribution in [2.45, 2.75) is 19.1 Å². The van der Waals surface area contributed by atoms with Gasteiger partial charge in [0.1, 0.15) is 11.5 Å². The Bertz CT molecular complexity index is 840. The molecule has 0 aromatic heterocycles. The first-order valence-corrected chi connectivity index (χ1v) is 7.78. The minimum Gasteiger partial charge on any atom is -0.379 e. The largest absolute Gasteiger partial charge is 0.416 e. The van der Waals surface area contributed by atoms with Gasteiger partial charge in [-0.3, -0.25) is 14.9 Å². The van der Waals surface area contributed by atoms with Crippen molar-refractivity contribution in [3.05, 3.63) is 69.5 Å². The van der Waals surface area contributed by atoms with Crippen LogP contribution in [-0.4, -0.2) is 17.4 Å². The summed E-state index contributed by atoms with van der Waals surface area (Å²) in [5.74, 6) is -1.58. The highest BCUT2D eigenvalue weighted by atomic mass is 19.4. The molecule has 0 spiro atoms. The smallest absolute Gasteiger partial charge is 0.379 e. The number of nitrogens with one attached hydrogen (secondary N) is 2. The lowest BCUT2D eigenvalue weighted by atomic mass is 10.1. The molecule has 0 aliphatic rings. The molecule has 144 valence electrons. The molecule has 0 aliphatic carbocycles. The molecule has 1 amide bonds. The van der Waals surface area contributed by atoms with Gasteiger partial charge in [0, 0.05) is 25.6 Å². The topological polar surface area (TPSA) is 84.3 Å². The van der Waals surface area contributed by atoms with E-state index in [1.54, 1.807) is 6.07 Å². The molecule has 6 nitrogen and oxygen atoms in total. The van der Waals surface area contributed by atoms with Gasteiger partial charge in [-0.1, -0.05) is 18.2 Å². The summed E-state index contributed by atoms with van der Waals surface area (Å²) in [6.07, 6.45) is -4.86. The first-order valence-electron chi connectivity index (χ1n) is 7.78. The maximum atomic E-state index is 13.0. The predicted octanol–water partition coefficient (Wildman–Crippen LogP) is 3.87. The SMILES string of the molecule is O=C(CCNc1ccccc1[N+](=O)[O-])NCc1ccc(F)cc1C(F)(F)F. The fourth-order valence-corrected chi connectivity index (χ4v) is 2.34. The number of alkyl halides is 3. The zero-order valence-corrected chi connectivity index (χ0v) is 13.8. The van der Waals surface area contributed by atoms with E-state index in [1.807, 2.05) is 0 Å². The van der Waals surface area contributed by atoms with E-state index in [0.29, 0.717) is 6.07 Å². The van der Waals surface area contributed by atoms with Gasteiger partial charge < -0.3 is 10.6 Å². The van der Waals surface area contributed by atoms with Gasteiger partial charge in [-0.25, -0.2) is 4.39 Å². The van der Waals surface area contributed by atoms with Crippen LogP contribution in [0, 0.1) is 15.9 Å². The van der Waals surface area contributed by atoms with Crippen LogP contribution < -0.4 is 10.6 Å². The highest BCUT2D eigenvalue weighted by Gasteiger charge is 2.33. The van der Waals surface area contributed by atoms with Gasteiger partial charge in [0.15, 0.2) is 0 Å². The molecule has 0 bridgehead atoms. The molecule has 0 fully saturated rings. The molecular weight excluding hydrogens is 370 g/mol. The van der Waals surface area contributed by atoms with Gasteiger partial charge in [0.25, 0.3) is 5.69 Å². The fourth-order valence-electron chi connectivity index (χ4n) is 2.34. The van der Waals surface area contributed by atoms with E-state index in [0.717, 1.165) is 12.1 Å². The van der Waals surface area contributed by atoms with Crippen LogP contribution in [0.3, 0.4) is 0 Å². The maximum Gasteiger partial charge on any atom is 0.416 e. The number of rotatable bonds is 7. The van der Waals surface area contributed by atoms with Crippen molar-refractivity contribution in [1.29, 1.82) is 0 Å². The second kappa shape index (κ2) is 8.47. The third-order valence-electron chi connectivity index (χ3n) is 3.62. The van der Waals surface area contributed by atoms with E-state index in [9.17, 15) is 32.5 Å². The molecular formula is C17H15F4N3O3. The zero-order valence-electron chi connectivity index (χ0n) is 13.8. The summed E-state index contributed by atoms with van der Waals surface area (Å²) >= 11 is 0. The molecule has 10 heteroatoms. The van der Waals surface area contributed by atoms with Crippen LogP contribution in [0.2, 0.25) is 0 Å². The molecule has 0 aliphatic heterocycles. The number of para-hydroxylation sites is 2. The second-order valence-corrected chi connectivity index (χ2v) is 5.53. The number of carbonyl (C=O) groups excluding carboxylic acids is 1. The minimum atomic E-state index is -4.74. The lowest BCUT2D eigenvalue weighted by Crippen LogP contribution is -2.26. The highest BCUT2D eigenvalue weighted by Crippen LogP contribution is 2.32. The summed E-state index contributed by atoms with van der Waals surface area (Å²) in [6, 6.07) is 8.08. The molecule has 2 aromatic rings. The Morgan fingerprint density at radius 3 is 2.52 bits per heavy atom. The highest BCUT2D eigenvalue weighted by molar-refractivity contribution is 5.76. The first kappa shape index (κ1) is 20.1. The Labute approximate surface area is 151 Å². The average Bonchev–Trinajstić information content (AvgIpc) is 2.60. The predicted molar refractivity (Wildman–Crippen MR) is 89.5 cm³/mol. The molecule has 2 aromatic carbocycles. The number of nitro benzene ring substituents is 1. The number of nitro groups is 1. The summed E-state index contributed by atoms with van der Waals surface area (Å²) < 4.78 is 51.8. The lowest BCUT2D eigenvalue weighted by Gasteiger charge is -2.14. The molecule has 0 atom stereocenters. The van der Waals surface area contributed by atoms with Crippen LogP contribution in [0.25, 0.3) is 0 Å². The third kappa shape index (κ3) is 5.66. The summed E-state index contributed by atoms with van der Waals surface area (Å²) in [5, 5.41) is 15.9. The molecule has 2 N–H and O–H groups in total. The minimum absolute atomic E-state index is 0.0478. The van der Waals surface area contributed by atoms with Crippen LogP contribution in [-0.2, 0) is 17.5 Å². The number of halogens is 4. The second-order valence-electron chi connectivity index (χ2n) is 5.53. The average molecular weight is 385 g/mol.